The lowest BCUT2D eigenvalue weighted by Gasteiger charge is -2.24. The number of amides is 1. The molecule has 1 aromatic heterocycles. The fourth-order valence-corrected chi connectivity index (χ4v) is 2.93. The number of benzene rings is 1. The molecule has 1 amide bonds. The first-order chi connectivity index (χ1) is 14.2. The van der Waals surface area contributed by atoms with Crippen LogP contribution in [0.25, 0.3) is 6.08 Å². The van der Waals surface area contributed by atoms with Gasteiger partial charge in [-0.15, -0.1) is 0 Å². The second kappa shape index (κ2) is 10.6. The number of nitrogen functional groups attached to an aromatic ring is 1. The number of hydrogen-bond donors (Lipinski definition) is 2. The topological polar surface area (TPSA) is 101 Å². The summed E-state index contributed by atoms with van der Waals surface area (Å²) in [6.45, 7) is 6.61. The summed E-state index contributed by atoms with van der Waals surface area (Å²) in [6.07, 6.45) is 5.05. The van der Waals surface area contributed by atoms with Crippen LogP contribution in [0.3, 0.4) is 0 Å². The van der Waals surface area contributed by atoms with Crippen LogP contribution in [0.5, 0.6) is 0 Å². The molecule has 162 valence electrons. The highest BCUT2D eigenvalue weighted by molar-refractivity contribution is 6.05. The number of anilines is 2. The molecule has 0 bridgehead atoms. The highest BCUT2D eigenvalue weighted by atomic mass is 19.1. The molecule has 0 saturated heterocycles. The van der Waals surface area contributed by atoms with Gasteiger partial charge in [0.2, 0.25) is 0 Å². The molecule has 1 heterocycles. The maximum Gasteiger partial charge on any atom is 0.330 e. The van der Waals surface area contributed by atoms with Crippen LogP contribution in [-0.4, -0.2) is 22.0 Å². The average Bonchev–Trinajstić information content (AvgIpc) is 2.69. The van der Waals surface area contributed by atoms with E-state index in [0.29, 0.717) is 24.9 Å². The number of aromatic nitrogens is 2. The molecular weight excluding hydrogens is 387 g/mol. The molecule has 0 aliphatic heterocycles. The van der Waals surface area contributed by atoms with Crippen LogP contribution in [0.1, 0.15) is 45.6 Å². The van der Waals surface area contributed by atoms with E-state index in [1.807, 2.05) is 20.8 Å². The Hall–Kier alpha value is -3.16. The Morgan fingerprint density at radius 2 is 1.93 bits per heavy atom. The van der Waals surface area contributed by atoms with Crippen molar-refractivity contribution in [3.8, 4) is 0 Å². The monoisotopic (exact) mass is 416 g/mol. The van der Waals surface area contributed by atoms with Crippen molar-refractivity contribution in [2.45, 2.75) is 46.6 Å². The van der Waals surface area contributed by atoms with E-state index < -0.39 is 17.2 Å². The van der Waals surface area contributed by atoms with E-state index in [1.54, 1.807) is 18.2 Å². The minimum atomic E-state index is -0.697. The van der Waals surface area contributed by atoms with Gasteiger partial charge in [-0.05, 0) is 42.5 Å². The summed E-state index contributed by atoms with van der Waals surface area (Å²) in [5.41, 5.74) is 5.51. The molecule has 0 fully saturated rings. The van der Waals surface area contributed by atoms with Crippen LogP contribution >= 0.6 is 0 Å². The van der Waals surface area contributed by atoms with Gasteiger partial charge in [0.15, 0.2) is 5.69 Å². The summed E-state index contributed by atoms with van der Waals surface area (Å²) in [5.74, 6) is -0.555. The highest BCUT2D eigenvalue weighted by Gasteiger charge is 2.23. The molecule has 0 aliphatic rings. The first kappa shape index (κ1) is 23.1. The maximum atomic E-state index is 13.1. The summed E-state index contributed by atoms with van der Waals surface area (Å²) in [6, 6.07) is 5.69. The SMILES string of the molecule is CCCCn1c(N)c(N(CCC(C)C)C(=O)/C=C/c2ccc(F)cc2)c(=O)[nH]c1=O. The molecule has 0 unspecified atom stereocenters. The van der Waals surface area contributed by atoms with Crippen molar-refractivity contribution in [1.29, 1.82) is 0 Å². The number of nitrogens with two attached hydrogens (primary N) is 1. The predicted molar refractivity (Wildman–Crippen MR) is 118 cm³/mol. The van der Waals surface area contributed by atoms with Crippen LogP contribution in [0, 0.1) is 11.7 Å². The van der Waals surface area contributed by atoms with Crippen molar-refractivity contribution in [1.82, 2.24) is 9.55 Å². The Labute approximate surface area is 175 Å². The van der Waals surface area contributed by atoms with Crippen molar-refractivity contribution in [2.24, 2.45) is 5.92 Å². The van der Waals surface area contributed by atoms with Gasteiger partial charge in [0, 0.05) is 19.2 Å². The fraction of sp³-hybridized carbons (Fsp3) is 0.409. The van der Waals surface area contributed by atoms with Crippen molar-refractivity contribution in [3.63, 3.8) is 0 Å². The Bertz CT molecular complexity index is 1010. The van der Waals surface area contributed by atoms with E-state index in [2.05, 4.69) is 4.98 Å². The molecular formula is C22H29FN4O3. The number of aromatic amines is 1. The van der Waals surface area contributed by atoms with E-state index in [4.69, 9.17) is 5.73 Å². The predicted octanol–water partition coefficient (Wildman–Crippen LogP) is 3.15. The number of nitrogens with one attached hydrogen (secondary N) is 1. The van der Waals surface area contributed by atoms with Gasteiger partial charge < -0.3 is 10.6 Å². The second-order valence-electron chi connectivity index (χ2n) is 7.56. The quantitative estimate of drug-likeness (QED) is 0.613. The number of carbonyl (C=O) groups is 1. The van der Waals surface area contributed by atoms with Crippen molar-refractivity contribution < 1.29 is 9.18 Å². The van der Waals surface area contributed by atoms with E-state index in [0.717, 1.165) is 6.42 Å². The molecule has 0 spiro atoms. The molecule has 0 saturated carbocycles. The number of rotatable bonds is 9. The zero-order valence-corrected chi connectivity index (χ0v) is 17.7. The third-order valence-corrected chi connectivity index (χ3v) is 4.70. The third kappa shape index (κ3) is 5.92. The first-order valence-electron chi connectivity index (χ1n) is 10.1. The van der Waals surface area contributed by atoms with E-state index >= 15 is 0 Å². The molecule has 0 radical (unpaired) electrons. The Morgan fingerprint density at radius 3 is 2.53 bits per heavy atom. The van der Waals surface area contributed by atoms with Gasteiger partial charge in [0.25, 0.3) is 11.5 Å². The van der Waals surface area contributed by atoms with Crippen LogP contribution < -0.4 is 21.9 Å². The summed E-state index contributed by atoms with van der Waals surface area (Å²) in [7, 11) is 0. The highest BCUT2D eigenvalue weighted by Crippen LogP contribution is 2.19. The number of halogens is 1. The number of H-pyrrole nitrogens is 1. The van der Waals surface area contributed by atoms with Gasteiger partial charge in [-0.3, -0.25) is 19.1 Å². The summed E-state index contributed by atoms with van der Waals surface area (Å²) in [4.78, 5) is 41.3. The lowest BCUT2D eigenvalue weighted by Crippen LogP contribution is -2.41. The standard InChI is InChI=1S/C22H29FN4O3/c1-4-5-13-27-20(24)19(21(29)25-22(27)30)26(14-12-15(2)3)18(28)11-8-16-6-9-17(23)10-7-16/h6-11,15H,4-5,12-14,24H2,1-3H3,(H,25,29,30)/b11-8+. The minimum absolute atomic E-state index is 0.0236. The zero-order valence-electron chi connectivity index (χ0n) is 17.7. The Morgan fingerprint density at radius 1 is 1.27 bits per heavy atom. The Balaban J connectivity index is 2.45. The Kier molecular flexibility index (Phi) is 8.15. The fourth-order valence-electron chi connectivity index (χ4n) is 2.93. The number of unbranched alkanes of at least 4 members (excludes halogenated alkanes) is 1. The largest absolute Gasteiger partial charge is 0.383 e. The normalized spacial score (nSPS) is 11.4. The van der Waals surface area contributed by atoms with E-state index in [1.165, 1.54) is 27.7 Å². The molecule has 8 heteroatoms. The molecule has 0 aliphatic carbocycles. The van der Waals surface area contributed by atoms with E-state index in [-0.39, 0.29) is 29.8 Å². The first-order valence-corrected chi connectivity index (χ1v) is 10.1. The van der Waals surface area contributed by atoms with Gasteiger partial charge >= 0.3 is 5.69 Å². The average molecular weight is 416 g/mol. The van der Waals surface area contributed by atoms with Gasteiger partial charge in [0.1, 0.15) is 11.6 Å². The second-order valence-corrected chi connectivity index (χ2v) is 7.56. The van der Waals surface area contributed by atoms with Gasteiger partial charge in [0.05, 0.1) is 0 Å². The van der Waals surface area contributed by atoms with Crippen molar-refractivity contribution in [2.75, 3.05) is 17.2 Å². The van der Waals surface area contributed by atoms with Gasteiger partial charge in [-0.1, -0.05) is 39.3 Å². The van der Waals surface area contributed by atoms with Gasteiger partial charge in [-0.25, -0.2) is 9.18 Å². The van der Waals surface area contributed by atoms with Crippen molar-refractivity contribution in [3.05, 3.63) is 62.6 Å². The number of hydrogen-bond acceptors (Lipinski definition) is 4. The lowest BCUT2D eigenvalue weighted by molar-refractivity contribution is -0.114. The molecule has 1 aromatic carbocycles. The van der Waals surface area contributed by atoms with Crippen LogP contribution in [0.2, 0.25) is 0 Å². The minimum Gasteiger partial charge on any atom is -0.383 e. The lowest BCUT2D eigenvalue weighted by atomic mass is 10.1. The molecule has 30 heavy (non-hydrogen) atoms. The third-order valence-electron chi connectivity index (χ3n) is 4.70. The van der Waals surface area contributed by atoms with Crippen LogP contribution in [0.4, 0.5) is 15.9 Å². The summed E-state index contributed by atoms with van der Waals surface area (Å²) < 4.78 is 14.4. The van der Waals surface area contributed by atoms with Crippen LogP contribution in [0.15, 0.2) is 39.9 Å². The molecule has 0 atom stereocenters. The smallest absolute Gasteiger partial charge is 0.330 e. The van der Waals surface area contributed by atoms with Gasteiger partial charge in [-0.2, -0.15) is 0 Å². The van der Waals surface area contributed by atoms with Crippen molar-refractivity contribution >= 4 is 23.5 Å². The zero-order chi connectivity index (χ0) is 22.3. The summed E-state index contributed by atoms with van der Waals surface area (Å²) in [5, 5.41) is 0. The maximum absolute atomic E-state index is 13.1. The molecule has 7 nitrogen and oxygen atoms in total. The van der Waals surface area contributed by atoms with E-state index in [9.17, 15) is 18.8 Å². The molecule has 2 aromatic rings. The number of nitrogens with zero attached hydrogens (tertiary/aromatic N) is 2. The number of carbonyl (C=O) groups excluding carboxylic acids is 1. The molecule has 2 rings (SSSR count). The van der Waals surface area contributed by atoms with Crippen LogP contribution in [-0.2, 0) is 11.3 Å². The summed E-state index contributed by atoms with van der Waals surface area (Å²) >= 11 is 0. The molecule has 3 N–H and O–H groups in total.